The number of nitrogens with one attached hydrogen (secondary N) is 1. The Labute approximate surface area is 239 Å². The number of nitrogens with zero attached hydrogens (tertiary/aromatic N) is 6. The Balaban J connectivity index is 1.95. The zero-order chi connectivity index (χ0) is 30.6. The zero-order valence-corrected chi connectivity index (χ0v) is 24.8. The van der Waals surface area contributed by atoms with Gasteiger partial charge in [0.15, 0.2) is 0 Å². The number of anilines is 3. The number of aromatic nitrogens is 2. The number of likely N-dealkylation sites (N-methyl/N-ethyl adjacent to an activating group) is 2. The Kier molecular flexibility index (Phi) is 9.72. The number of carbonyl (C=O) groups is 1. The Bertz CT molecular complexity index is 1410. The molecule has 0 saturated heterocycles. The highest BCUT2D eigenvalue weighted by molar-refractivity contribution is 6.05. The maximum absolute atomic E-state index is 13.7. The lowest BCUT2D eigenvalue weighted by molar-refractivity contribution is -0.137. The maximum Gasteiger partial charge on any atom is 0.416 e. The van der Waals surface area contributed by atoms with Crippen LogP contribution in [0.25, 0.3) is 5.70 Å². The van der Waals surface area contributed by atoms with Crippen molar-refractivity contribution in [3.8, 4) is 0 Å². The molecule has 0 aliphatic carbocycles. The smallest absolute Gasteiger partial charge is 0.397 e. The number of amides is 1. The quantitative estimate of drug-likeness (QED) is 0.345. The molecule has 3 aromatic rings. The van der Waals surface area contributed by atoms with Gasteiger partial charge in [0.25, 0.3) is 5.91 Å². The Hall–Kier alpha value is -4.03. The molecule has 1 aromatic heterocycles. The van der Waals surface area contributed by atoms with Gasteiger partial charge in [-0.3, -0.25) is 14.5 Å². The van der Waals surface area contributed by atoms with Crippen molar-refractivity contribution in [3.63, 3.8) is 0 Å². The number of hydrogen-bond donors (Lipinski definition) is 2. The summed E-state index contributed by atoms with van der Waals surface area (Å²) in [5.74, 6) is -0.648. The van der Waals surface area contributed by atoms with Gasteiger partial charge in [-0.25, -0.2) is 5.01 Å². The van der Waals surface area contributed by atoms with E-state index in [0.29, 0.717) is 30.2 Å². The first kappa shape index (κ1) is 31.5. The van der Waals surface area contributed by atoms with Crippen LogP contribution in [0.1, 0.15) is 32.7 Å². The van der Waals surface area contributed by atoms with Crippen LogP contribution in [0.2, 0.25) is 0 Å². The molecule has 0 spiro atoms. The Morgan fingerprint density at radius 3 is 2.29 bits per heavy atom. The minimum absolute atomic E-state index is 0.0886. The van der Waals surface area contributed by atoms with Gasteiger partial charge in [-0.15, -0.1) is 0 Å². The first-order chi connectivity index (χ1) is 19.1. The second-order valence-corrected chi connectivity index (χ2v) is 10.5. The molecule has 0 bridgehead atoms. The van der Waals surface area contributed by atoms with E-state index in [1.165, 1.54) is 6.07 Å². The molecule has 0 aliphatic rings. The number of rotatable bonds is 10. The summed E-state index contributed by atoms with van der Waals surface area (Å²) >= 11 is 0. The van der Waals surface area contributed by atoms with Crippen LogP contribution in [0, 0.1) is 13.8 Å². The predicted molar refractivity (Wildman–Crippen MR) is 159 cm³/mol. The van der Waals surface area contributed by atoms with Crippen LogP contribution in [0.4, 0.5) is 30.2 Å². The second-order valence-electron chi connectivity index (χ2n) is 10.5. The van der Waals surface area contributed by atoms with Gasteiger partial charge in [0, 0.05) is 75.7 Å². The third-order valence-electron chi connectivity index (χ3n) is 6.78. The fourth-order valence-electron chi connectivity index (χ4n) is 4.13. The molecule has 0 radical (unpaired) electrons. The summed E-state index contributed by atoms with van der Waals surface area (Å²) in [5.41, 5.74) is 10.00. The lowest BCUT2D eigenvalue weighted by Gasteiger charge is -2.30. The normalized spacial score (nSPS) is 12.3. The first-order valence-corrected chi connectivity index (χ1v) is 13.0. The summed E-state index contributed by atoms with van der Waals surface area (Å²) in [4.78, 5) is 16.9. The minimum atomic E-state index is -4.60. The predicted octanol–water partition coefficient (Wildman–Crippen LogP) is 4.55. The third-order valence-corrected chi connectivity index (χ3v) is 6.78. The van der Waals surface area contributed by atoms with Crippen molar-refractivity contribution < 1.29 is 18.0 Å². The van der Waals surface area contributed by atoms with Gasteiger partial charge in [0.2, 0.25) is 0 Å². The van der Waals surface area contributed by atoms with Crippen molar-refractivity contribution in [1.82, 2.24) is 19.7 Å². The molecule has 0 aliphatic heterocycles. The Morgan fingerprint density at radius 2 is 1.73 bits per heavy atom. The second kappa shape index (κ2) is 12.6. The summed E-state index contributed by atoms with van der Waals surface area (Å²) in [6.07, 6.45) is -1.14. The molecule has 41 heavy (non-hydrogen) atoms. The minimum Gasteiger partial charge on any atom is -0.397 e. The van der Waals surface area contributed by atoms with Crippen LogP contribution < -0.4 is 21.0 Å². The van der Waals surface area contributed by atoms with Gasteiger partial charge in [0.1, 0.15) is 0 Å². The van der Waals surface area contributed by atoms with E-state index in [1.807, 2.05) is 70.1 Å². The van der Waals surface area contributed by atoms with E-state index >= 15 is 0 Å². The molecular formula is C29H39F3N8O. The molecule has 3 rings (SSSR count). The average molecular weight is 573 g/mol. The number of carbonyl (C=O) groups excluding carboxylic acids is 1. The lowest BCUT2D eigenvalue weighted by atomic mass is 10.1. The number of aryl methyl sites for hydroxylation is 2. The molecule has 0 atom stereocenters. The van der Waals surface area contributed by atoms with Crippen LogP contribution in [-0.2, 0) is 13.2 Å². The number of benzene rings is 2. The molecule has 0 saturated carbocycles. The highest BCUT2D eigenvalue weighted by atomic mass is 19.4. The van der Waals surface area contributed by atoms with Crippen molar-refractivity contribution in [3.05, 3.63) is 76.7 Å². The van der Waals surface area contributed by atoms with Gasteiger partial charge in [-0.05, 0) is 63.8 Å². The Morgan fingerprint density at radius 1 is 1.05 bits per heavy atom. The summed E-state index contributed by atoms with van der Waals surface area (Å²) in [6.45, 7) is 4.97. The van der Waals surface area contributed by atoms with Crippen LogP contribution in [0.3, 0.4) is 0 Å². The molecule has 9 nitrogen and oxygen atoms in total. The van der Waals surface area contributed by atoms with Crippen LogP contribution >= 0.6 is 0 Å². The molecule has 1 amide bonds. The fourth-order valence-corrected chi connectivity index (χ4v) is 4.13. The van der Waals surface area contributed by atoms with Crippen LogP contribution in [0.15, 0.2) is 48.8 Å². The third kappa shape index (κ3) is 7.80. The van der Waals surface area contributed by atoms with E-state index in [4.69, 9.17) is 5.73 Å². The lowest BCUT2D eigenvalue weighted by Crippen LogP contribution is -2.33. The van der Waals surface area contributed by atoms with E-state index in [9.17, 15) is 18.0 Å². The van der Waals surface area contributed by atoms with Crippen molar-refractivity contribution in [1.29, 1.82) is 0 Å². The van der Waals surface area contributed by atoms with Crippen molar-refractivity contribution in [2.75, 3.05) is 63.6 Å². The summed E-state index contributed by atoms with van der Waals surface area (Å²) in [7, 11) is 11.0. The largest absolute Gasteiger partial charge is 0.416 e. The number of nitrogens with two attached hydrogens (primary N) is 1. The first-order valence-electron chi connectivity index (χ1n) is 13.0. The van der Waals surface area contributed by atoms with Crippen LogP contribution in [0.5, 0.6) is 0 Å². The zero-order valence-electron chi connectivity index (χ0n) is 24.8. The SMILES string of the molecule is Cc1ccc(NC(=O)c2cc(N(C)CCN(C)C)cc(C(F)(F)F)c2)cc1N(/C=C(\N)c1cnn(C)c1C)N(C)C. The maximum atomic E-state index is 13.7. The summed E-state index contributed by atoms with van der Waals surface area (Å²) in [5, 5.41) is 10.7. The van der Waals surface area contributed by atoms with E-state index in [-0.39, 0.29) is 5.56 Å². The molecule has 2 aromatic carbocycles. The number of hydrogen-bond acceptors (Lipinski definition) is 7. The monoisotopic (exact) mass is 572 g/mol. The fraction of sp³-hybridized carbons (Fsp3) is 0.379. The van der Waals surface area contributed by atoms with E-state index in [0.717, 1.165) is 34.6 Å². The number of alkyl halides is 3. The molecule has 0 unspecified atom stereocenters. The van der Waals surface area contributed by atoms with E-state index in [1.54, 1.807) is 41.2 Å². The van der Waals surface area contributed by atoms with Gasteiger partial charge in [0.05, 0.1) is 23.1 Å². The topological polar surface area (TPSA) is 85.9 Å². The highest BCUT2D eigenvalue weighted by Gasteiger charge is 2.32. The van der Waals surface area contributed by atoms with Crippen molar-refractivity contribution in [2.45, 2.75) is 20.0 Å². The van der Waals surface area contributed by atoms with Crippen LogP contribution in [-0.4, -0.2) is 73.9 Å². The molecule has 3 N–H and O–H groups in total. The van der Waals surface area contributed by atoms with E-state index < -0.39 is 17.6 Å². The average Bonchev–Trinajstić information content (AvgIpc) is 3.23. The van der Waals surface area contributed by atoms with Crippen molar-refractivity contribution >= 4 is 28.7 Å². The van der Waals surface area contributed by atoms with Crippen molar-refractivity contribution in [2.24, 2.45) is 12.8 Å². The molecule has 12 heteroatoms. The van der Waals surface area contributed by atoms with Gasteiger partial charge >= 0.3 is 6.18 Å². The van der Waals surface area contributed by atoms with Gasteiger partial charge in [-0.1, -0.05) is 6.07 Å². The molecule has 222 valence electrons. The molecule has 1 heterocycles. The summed E-state index contributed by atoms with van der Waals surface area (Å²) < 4.78 is 43.0. The van der Waals surface area contributed by atoms with E-state index in [2.05, 4.69) is 10.4 Å². The highest BCUT2D eigenvalue weighted by Crippen LogP contribution is 2.33. The number of hydrazine groups is 1. The molecular weight excluding hydrogens is 533 g/mol. The van der Waals surface area contributed by atoms with Gasteiger partial charge < -0.3 is 20.9 Å². The molecule has 0 fully saturated rings. The van der Waals surface area contributed by atoms with Gasteiger partial charge in [-0.2, -0.15) is 18.3 Å². The summed E-state index contributed by atoms with van der Waals surface area (Å²) in [6, 6.07) is 8.70. The number of halogens is 3. The standard InChI is InChI=1S/C29H39F3N8O/c1-19-9-10-23(16-27(19)40(37(5)6)18-26(33)25-17-34-39(8)20(25)2)35-28(41)21-13-22(29(30,31)32)15-24(14-21)38(7)12-11-36(3)4/h9-10,13-18H,11-12,33H2,1-8H3,(H,35,41)/b26-18-.